The number of aromatic nitrogens is 2. The van der Waals surface area contributed by atoms with Gasteiger partial charge >= 0.3 is 0 Å². The van der Waals surface area contributed by atoms with Gasteiger partial charge in [0.2, 0.25) is 0 Å². The number of imidazole rings is 1. The van der Waals surface area contributed by atoms with Gasteiger partial charge in [-0.1, -0.05) is 30.3 Å². The summed E-state index contributed by atoms with van der Waals surface area (Å²) in [5, 5.41) is 5.98. The summed E-state index contributed by atoms with van der Waals surface area (Å²) in [5.41, 5.74) is 7.56. The summed E-state index contributed by atoms with van der Waals surface area (Å²) >= 11 is 0. The third-order valence-corrected chi connectivity index (χ3v) is 4.80. The van der Waals surface area contributed by atoms with Crippen molar-refractivity contribution in [3.8, 4) is 11.3 Å². The summed E-state index contributed by atoms with van der Waals surface area (Å²) < 4.78 is 30.1. The largest absolute Gasteiger partial charge is 0.365 e. The lowest BCUT2D eigenvalue weighted by Gasteiger charge is -2.10. The number of carbonyl (C=O) groups is 1. The van der Waals surface area contributed by atoms with Crippen LogP contribution in [-0.4, -0.2) is 28.4 Å². The molecule has 0 saturated heterocycles. The second-order valence-electron chi connectivity index (χ2n) is 6.96. The molecular weight excluding hydrogens is 400 g/mol. The summed E-state index contributed by atoms with van der Waals surface area (Å²) in [5.74, 6) is -0.941. The van der Waals surface area contributed by atoms with Crippen LogP contribution in [0, 0.1) is 11.6 Å². The molecule has 2 heterocycles. The standard InChI is InChI=1S/C23H21F2N5O/c24-17-6-7-19(25)18(13-17)21-22(28-14-15-4-2-1-3-5-15)30-11-8-16(12-20(30)29-21)23(31)27-10-9-26/h1-8,11-13,28H,9-10,14,26H2,(H,27,31). The number of nitrogens with two attached hydrogens (primary N) is 1. The minimum atomic E-state index is -0.589. The van der Waals surface area contributed by atoms with Gasteiger partial charge in [0.25, 0.3) is 5.91 Å². The Morgan fingerprint density at radius 1 is 1.06 bits per heavy atom. The minimum Gasteiger partial charge on any atom is -0.365 e. The highest BCUT2D eigenvalue weighted by Crippen LogP contribution is 2.32. The molecule has 1 amide bonds. The highest BCUT2D eigenvalue weighted by molar-refractivity contribution is 5.95. The third kappa shape index (κ3) is 4.39. The Labute approximate surface area is 177 Å². The molecule has 4 N–H and O–H groups in total. The number of amides is 1. The number of rotatable bonds is 7. The molecule has 2 aromatic heterocycles. The van der Waals surface area contributed by atoms with E-state index in [0.717, 1.165) is 23.8 Å². The second kappa shape index (κ2) is 8.93. The van der Waals surface area contributed by atoms with E-state index in [4.69, 9.17) is 5.73 Å². The van der Waals surface area contributed by atoms with E-state index in [0.29, 0.717) is 36.7 Å². The molecule has 0 bridgehead atoms. The first-order valence-electron chi connectivity index (χ1n) is 9.80. The first-order chi connectivity index (χ1) is 15.1. The van der Waals surface area contributed by atoms with Gasteiger partial charge in [-0.15, -0.1) is 0 Å². The summed E-state index contributed by atoms with van der Waals surface area (Å²) in [6, 6.07) is 16.2. The maximum Gasteiger partial charge on any atom is 0.251 e. The molecule has 4 rings (SSSR count). The van der Waals surface area contributed by atoms with Crippen LogP contribution in [0.5, 0.6) is 0 Å². The van der Waals surface area contributed by atoms with Crippen LogP contribution in [-0.2, 0) is 6.54 Å². The van der Waals surface area contributed by atoms with Crippen molar-refractivity contribution in [2.24, 2.45) is 5.73 Å². The molecule has 6 nitrogen and oxygen atoms in total. The van der Waals surface area contributed by atoms with E-state index in [-0.39, 0.29) is 17.2 Å². The van der Waals surface area contributed by atoms with E-state index in [1.54, 1.807) is 22.7 Å². The van der Waals surface area contributed by atoms with E-state index in [1.165, 1.54) is 0 Å². The van der Waals surface area contributed by atoms with Crippen LogP contribution in [0.1, 0.15) is 15.9 Å². The Kier molecular flexibility index (Phi) is 5.90. The molecule has 0 aliphatic rings. The van der Waals surface area contributed by atoms with Crippen LogP contribution >= 0.6 is 0 Å². The van der Waals surface area contributed by atoms with E-state index in [2.05, 4.69) is 15.6 Å². The number of halogens is 2. The molecule has 8 heteroatoms. The molecule has 31 heavy (non-hydrogen) atoms. The van der Waals surface area contributed by atoms with Gasteiger partial charge in [0.05, 0.1) is 0 Å². The third-order valence-electron chi connectivity index (χ3n) is 4.80. The SMILES string of the molecule is NCCNC(=O)c1ccn2c(NCc3ccccc3)c(-c3cc(F)ccc3F)nc2c1. The highest BCUT2D eigenvalue weighted by atomic mass is 19.1. The molecule has 0 fully saturated rings. The van der Waals surface area contributed by atoms with Gasteiger partial charge in [0.15, 0.2) is 0 Å². The number of nitrogens with one attached hydrogen (secondary N) is 2. The Bertz CT molecular complexity index is 1220. The Morgan fingerprint density at radius 3 is 2.65 bits per heavy atom. The van der Waals surface area contributed by atoms with Gasteiger partial charge in [-0.3, -0.25) is 9.20 Å². The van der Waals surface area contributed by atoms with Gasteiger partial charge in [-0.2, -0.15) is 0 Å². The number of benzene rings is 2. The molecule has 0 spiro atoms. The molecule has 158 valence electrons. The minimum absolute atomic E-state index is 0.0356. The Hall–Kier alpha value is -3.78. The molecular formula is C23H21F2N5O. The zero-order chi connectivity index (χ0) is 21.8. The van der Waals surface area contributed by atoms with Gasteiger partial charge < -0.3 is 16.4 Å². The lowest BCUT2D eigenvalue weighted by atomic mass is 10.1. The summed E-state index contributed by atoms with van der Waals surface area (Å²) in [6.45, 7) is 1.13. The lowest BCUT2D eigenvalue weighted by Crippen LogP contribution is -2.29. The van der Waals surface area contributed by atoms with Gasteiger partial charge in [0.1, 0.15) is 28.8 Å². The van der Waals surface area contributed by atoms with E-state index < -0.39 is 11.6 Å². The average Bonchev–Trinajstić information content (AvgIpc) is 3.15. The fourth-order valence-corrected chi connectivity index (χ4v) is 3.29. The number of hydrogen-bond donors (Lipinski definition) is 3. The Morgan fingerprint density at radius 2 is 1.87 bits per heavy atom. The summed E-state index contributed by atoms with van der Waals surface area (Å²) in [4.78, 5) is 16.8. The Balaban J connectivity index is 1.79. The average molecular weight is 421 g/mol. The van der Waals surface area contributed by atoms with E-state index in [9.17, 15) is 13.6 Å². The van der Waals surface area contributed by atoms with Crippen LogP contribution < -0.4 is 16.4 Å². The maximum atomic E-state index is 14.6. The van der Waals surface area contributed by atoms with Crippen LogP contribution in [0.15, 0.2) is 66.9 Å². The van der Waals surface area contributed by atoms with Crippen LogP contribution in [0.25, 0.3) is 16.9 Å². The van der Waals surface area contributed by atoms with Crippen molar-refractivity contribution in [3.63, 3.8) is 0 Å². The van der Waals surface area contributed by atoms with Gasteiger partial charge in [-0.25, -0.2) is 13.8 Å². The molecule has 0 aliphatic carbocycles. The monoisotopic (exact) mass is 421 g/mol. The van der Waals surface area contributed by atoms with Crippen molar-refractivity contribution >= 4 is 17.4 Å². The quantitative estimate of drug-likeness (QED) is 0.426. The predicted octanol–water partition coefficient (Wildman–Crippen LogP) is 3.58. The molecule has 4 aromatic rings. The second-order valence-corrected chi connectivity index (χ2v) is 6.96. The molecule has 0 unspecified atom stereocenters. The smallest absolute Gasteiger partial charge is 0.251 e. The molecule has 2 aromatic carbocycles. The number of hydrogen-bond acceptors (Lipinski definition) is 4. The molecule has 0 saturated carbocycles. The van der Waals surface area contributed by atoms with Crippen molar-refractivity contribution in [3.05, 3.63) is 89.6 Å². The van der Waals surface area contributed by atoms with E-state index >= 15 is 0 Å². The first-order valence-corrected chi connectivity index (χ1v) is 9.80. The zero-order valence-corrected chi connectivity index (χ0v) is 16.6. The number of carbonyl (C=O) groups excluding carboxylic acids is 1. The summed E-state index contributed by atoms with van der Waals surface area (Å²) in [7, 11) is 0. The molecule has 0 aliphatic heterocycles. The van der Waals surface area contributed by atoms with Crippen molar-refractivity contribution in [2.45, 2.75) is 6.54 Å². The predicted molar refractivity (Wildman–Crippen MR) is 116 cm³/mol. The lowest BCUT2D eigenvalue weighted by molar-refractivity contribution is 0.0954. The van der Waals surface area contributed by atoms with Crippen LogP contribution in [0.3, 0.4) is 0 Å². The number of anilines is 1. The topological polar surface area (TPSA) is 84.5 Å². The van der Waals surface area contributed by atoms with Crippen LogP contribution in [0.4, 0.5) is 14.6 Å². The van der Waals surface area contributed by atoms with E-state index in [1.807, 2.05) is 30.3 Å². The van der Waals surface area contributed by atoms with Gasteiger partial charge in [-0.05, 0) is 35.9 Å². The van der Waals surface area contributed by atoms with Crippen molar-refractivity contribution in [1.29, 1.82) is 0 Å². The normalized spacial score (nSPS) is 10.9. The van der Waals surface area contributed by atoms with Crippen molar-refractivity contribution in [2.75, 3.05) is 18.4 Å². The first kappa shape index (κ1) is 20.5. The maximum absolute atomic E-state index is 14.6. The van der Waals surface area contributed by atoms with Crippen LogP contribution in [0.2, 0.25) is 0 Å². The fourth-order valence-electron chi connectivity index (χ4n) is 3.29. The van der Waals surface area contributed by atoms with Crippen molar-refractivity contribution < 1.29 is 13.6 Å². The molecule has 0 atom stereocenters. The van der Waals surface area contributed by atoms with Gasteiger partial charge in [0, 0.05) is 37.0 Å². The number of pyridine rings is 1. The van der Waals surface area contributed by atoms with Crippen molar-refractivity contribution in [1.82, 2.24) is 14.7 Å². The molecule has 0 radical (unpaired) electrons. The summed E-state index contributed by atoms with van der Waals surface area (Å²) in [6.07, 6.45) is 1.67. The zero-order valence-electron chi connectivity index (χ0n) is 16.6. The number of nitrogens with zero attached hydrogens (tertiary/aromatic N) is 2. The number of fused-ring (bicyclic) bond motifs is 1. The highest BCUT2D eigenvalue weighted by Gasteiger charge is 2.19. The fraction of sp³-hybridized carbons (Fsp3) is 0.130.